The molecule has 6 heteroatoms. The first-order valence-corrected chi connectivity index (χ1v) is 9.81. The number of benzene rings is 1. The number of hydrogen-bond acceptors (Lipinski definition) is 4. The van der Waals surface area contributed by atoms with Crippen molar-refractivity contribution in [2.45, 2.75) is 43.9 Å². The number of aryl methyl sites for hydroxylation is 1. The SMILES string of the molecule is CCC1CN(S(=O)(=O)c2cc(CN)cc(C)c2C)CCS1. The van der Waals surface area contributed by atoms with Gasteiger partial charge in [0.1, 0.15) is 0 Å². The molecule has 2 N–H and O–H groups in total. The topological polar surface area (TPSA) is 63.4 Å². The number of nitrogens with zero attached hydrogens (tertiary/aromatic N) is 1. The van der Waals surface area contributed by atoms with Gasteiger partial charge in [-0.3, -0.25) is 0 Å². The fourth-order valence-electron chi connectivity index (χ4n) is 2.58. The van der Waals surface area contributed by atoms with Gasteiger partial charge in [0.05, 0.1) is 4.90 Å². The summed E-state index contributed by atoms with van der Waals surface area (Å²) in [7, 11) is -3.43. The number of rotatable bonds is 4. The molecular formula is C15H24N2O2S2. The summed E-state index contributed by atoms with van der Waals surface area (Å²) < 4.78 is 27.6. The Morgan fingerprint density at radius 2 is 2.10 bits per heavy atom. The Morgan fingerprint density at radius 3 is 2.71 bits per heavy atom. The van der Waals surface area contributed by atoms with E-state index in [0.29, 0.717) is 29.8 Å². The Hall–Kier alpha value is -0.560. The van der Waals surface area contributed by atoms with Crippen molar-refractivity contribution in [1.82, 2.24) is 4.31 Å². The van der Waals surface area contributed by atoms with E-state index in [9.17, 15) is 8.42 Å². The molecule has 0 radical (unpaired) electrons. The van der Waals surface area contributed by atoms with Gasteiger partial charge in [-0.05, 0) is 43.0 Å². The van der Waals surface area contributed by atoms with Crippen LogP contribution in [0.3, 0.4) is 0 Å². The lowest BCUT2D eigenvalue weighted by atomic mass is 10.1. The molecule has 1 aliphatic rings. The van der Waals surface area contributed by atoms with E-state index in [4.69, 9.17) is 5.73 Å². The largest absolute Gasteiger partial charge is 0.326 e. The van der Waals surface area contributed by atoms with Crippen LogP contribution in [0.2, 0.25) is 0 Å². The Kier molecular flexibility index (Phi) is 5.35. The smallest absolute Gasteiger partial charge is 0.243 e. The minimum absolute atomic E-state index is 0.358. The van der Waals surface area contributed by atoms with Crippen LogP contribution in [0.15, 0.2) is 17.0 Å². The first-order valence-electron chi connectivity index (χ1n) is 7.32. The Morgan fingerprint density at radius 1 is 1.38 bits per heavy atom. The highest BCUT2D eigenvalue weighted by molar-refractivity contribution is 8.00. The van der Waals surface area contributed by atoms with Gasteiger partial charge >= 0.3 is 0 Å². The standard InChI is InChI=1S/C15H24N2O2S2/c1-4-14-10-17(5-6-20-14)21(18,19)15-8-13(9-16)7-11(2)12(15)3/h7-8,14H,4-6,9-10,16H2,1-3H3. The molecule has 1 heterocycles. The number of thioether (sulfide) groups is 1. The van der Waals surface area contributed by atoms with E-state index in [-0.39, 0.29) is 0 Å². The molecule has 1 saturated heterocycles. The molecule has 1 aromatic carbocycles. The summed E-state index contributed by atoms with van der Waals surface area (Å²) in [5.74, 6) is 0.867. The van der Waals surface area contributed by atoms with E-state index in [2.05, 4.69) is 6.92 Å². The predicted molar refractivity (Wildman–Crippen MR) is 89.1 cm³/mol. The maximum absolute atomic E-state index is 13.0. The van der Waals surface area contributed by atoms with Crippen molar-refractivity contribution >= 4 is 21.8 Å². The van der Waals surface area contributed by atoms with E-state index in [1.807, 2.05) is 31.7 Å². The summed E-state index contributed by atoms with van der Waals surface area (Å²) in [6.07, 6.45) is 0.998. The van der Waals surface area contributed by atoms with E-state index < -0.39 is 10.0 Å². The quantitative estimate of drug-likeness (QED) is 0.921. The van der Waals surface area contributed by atoms with Crippen LogP contribution >= 0.6 is 11.8 Å². The molecule has 2 rings (SSSR count). The lowest BCUT2D eigenvalue weighted by Crippen LogP contribution is -2.42. The maximum atomic E-state index is 13.0. The lowest BCUT2D eigenvalue weighted by molar-refractivity contribution is 0.415. The van der Waals surface area contributed by atoms with Crippen molar-refractivity contribution in [1.29, 1.82) is 0 Å². The molecule has 1 aromatic rings. The molecule has 0 bridgehead atoms. The third kappa shape index (κ3) is 3.44. The van der Waals surface area contributed by atoms with Gasteiger partial charge in [0.15, 0.2) is 0 Å². The molecule has 21 heavy (non-hydrogen) atoms. The highest BCUT2D eigenvalue weighted by atomic mass is 32.2. The molecule has 0 aliphatic carbocycles. The van der Waals surface area contributed by atoms with Crippen molar-refractivity contribution in [2.75, 3.05) is 18.8 Å². The van der Waals surface area contributed by atoms with Gasteiger partial charge < -0.3 is 5.73 Å². The van der Waals surface area contributed by atoms with Crippen molar-refractivity contribution in [2.24, 2.45) is 5.73 Å². The average molecular weight is 329 g/mol. The first kappa shape index (κ1) is 16.8. The molecular weight excluding hydrogens is 304 g/mol. The van der Waals surface area contributed by atoms with Crippen LogP contribution in [-0.2, 0) is 16.6 Å². The molecule has 0 spiro atoms. The van der Waals surface area contributed by atoms with Crippen LogP contribution in [-0.4, -0.2) is 36.8 Å². The summed E-state index contributed by atoms with van der Waals surface area (Å²) in [6, 6.07) is 3.70. The average Bonchev–Trinajstić information content (AvgIpc) is 2.49. The van der Waals surface area contributed by atoms with Gasteiger partial charge in [-0.25, -0.2) is 8.42 Å². The summed E-state index contributed by atoms with van der Waals surface area (Å²) in [4.78, 5) is 0.421. The minimum atomic E-state index is -3.43. The monoisotopic (exact) mass is 328 g/mol. The van der Waals surface area contributed by atoms with E-state index in [1.165, 1.54) is 0 Å². The fraction of sp³-hybridized carbons (Fsp3) is 0.600. The van der Waals surface area contributed by atoms with Crippen molar-refractivity contribution in [3.63, 3.8) is 0 Å². The molecule has 118 valence electrons. The normalized spacial score (nSPS) is 20.7. The van der Waals surface area contributed by atoms with E-state index in [0.717, 1.165) is 28.9 Å². The summed E-state index contributed by atoms with van der Waals surface area (Å²) >= 11 is 1.87. The first-order chi connectivity index (χ1) is 9.90. The highest BCUT2D eigenvalue weighted by Crippen LogP contribution is 2.29. The lowest BCUT2D eigenvalue weighted by Gasteiger charge is -2.31. The second-order valence-corrected chi connectivity index (χ2v) is 8.82. The third-order valence-corrected chi connectivity index (χ3v) is 7.45. The van der Waals surface area contributed by atoms with Gasteiger partial charge in [0.25, 0.3) is 0 Å². The van der Waals surface area contributed by atoms with Crippen LogP contribution in [0.5, 0.6) is 0 Å². The number of hydrogen-bond donors (Lipinski definition) is 1. The summed E-state index contributed by atoms with van der Waals surface area (Å²) in [6.45, 7) is 7.48. The number of nitrogens with two attached hydrogens (primary N) is 1. The van der Waals surface area contributed by atoms with Gasteiger partial charge in [-0.15, -0.1) is 0 Å². The predicted octanol–water partition coefficient (Wildman–Crippen LogP) is 2.28. The van der Waals surface area contributed by atoms with Crippen LogP contribution in [0, 0.1) is 13.8 Å². The Labute approximate surface area is 132 Å². The zero-order chi connectivity index (χ0) is 15.6. The zero-order valence-corrected chi connectivity index (χ0v) is 14.6. The van der Waals surface area contributed by atoms with E-state index >= 15 is 0 Å². The van der Waals surface area contributed by atoms with Crippen molar-refractivity contribution in [3.8, 4) is 0 Å². The van der Waals surface area contributed by atoms with Gasteiger partial charge in [-0.1, -0.05) is 13.0 Å². The molecule has 1 fully saturated rings. The van der Waals surface area contributed by atoms with Crippen LogP contribution in [0.1, 0.15) is 30.0 Å². The third-order valence-electron chi connectivity index (χ3n) is 4.09. The summed E-state index contributed by atoms with van der Waals surface area (Å²) in [5.41, 5.74) is 8.38. The molecule has 0 amide bonds. The van der Waals surface area contributed by atoms with Gasteiger partial charge in [0, 0.05) is 30.6 Å². The van der Waals surface area contributed by atoms with Crippen LogP contribution in [0.25, 0.3) is 0 Å². The molecule has 1 unspecified atom stereocenters. The Bertz CT molecular complexity index is 614. The molecule has 0 saturated carbocycles. The van der Waals surface area contributed by atoms with Crippen LogP contribution < -0.4 is 5.73 Å². The van der Waals surface area contributed by atoms with Crippen molar-refractivity contribution < 1.29 is 8.42 Å². The van der Waals surface area contributed by atoms with E-state index in [1.54, 1.807) is 10.4 Å². The summed E-state index contributed by atoms with van der Waals surface area (Å²) in [5, 5.41) is 0.396. The second kappa shape index (κ2) is 6.69. The molecule has 1 atom stereocenters. The molecule has 1 aliphatic heterocycles. The molecule has 0 aromatic heterocycles. The second-order valence-electron chi connectivity index (χ2n) is 5.50. The fourth-order valence-corrected chi connectivity index (χ4v) is 5.81. The van der Waals surface area contributed by atoms with Gasteiger partial charge in [-0.2, -0.15) is 16.1 Å². The van der Waals surface area contributed by atoms with Gasteiger partial charge in [0.2, 0.25) is 10.0 Å². The molecule has 4 nitrogen and oxygen atoms in total. The minimum Gasteiger partial charge on any atom is -0.326 e. The maximum Gasteiger partial charge on any atom is 0.243 e. The van der Waals surface area contributed by atoms with Crippen molar-refractivity contribution in [3.05, 3.63) is 28.8 Å². The van der Waals surface area contributed by atoms with Crippen LogP contribution in [0.4, 0.5) is 0 Å². The number of sulfonamides is 1. The Balaban J connectivity index is 2.41. The zero-order valence-electron chi connectivity index (χ0n) is 12.9. The highest BCUT2D eigenvalue weighted by Gasteiger charge is 2.31.